The van der Waals surface area contributed by atoms with Crippen LogP contribution in [0.15, 0.2) is 42.2 Å². The molecule has 0 amide bonds. The van der Waals surface area contributed by atoms with Crippen LogP contribution in [0, 0.1) is 0 Å². The summed E-state index contributed by atoms with van der Waals surface area (Å²) in [5.41, 5.74) is 3.38. The van der Waals surface area contributed by atoms with E-state index in [4.69, 9.17) is 9.84 Å². The second-order valence-corrected chi connectivity index (χ2v) is 8.85. The summed E-state index contributed by atoms with van der Waals surface area (Å²) in [6, 6.07) is 11.4. The van der Waals surface area contributed by atoms with Crippen LogP contribution in [0.4, 0.5) is 0 Å². The van der Waals surface area contributed by atoms with Crippen LogP contribution in [0.2, 0.25) is 0 Å². The first kappa shape index (κ1) is 21.6. The third kappa shape index (κ3) is 4.66. The van der Waals surface area contributed by atoms with Crippen molar-refractivity contribution in [2.45, 2.75) is 26.3 Å². The summed E-state index contributed by atoms with van der Waals surface area (Å²) in [6.45, 7) is 9.80. The van der Waals surface area contributed by atoms with E-state index < -0.39 is 0 Å². The van der Waals surface area contributed by atoms with Gasteiger partial charge in [0.1, 0.15) is 45.0 Å². The molecule has 1 saturated heterocycles. The van der Waals surface area contributed by atoms with E-state index in [9.17, 15) is 9.90 Å². The minimum atomic E-state index is -0.142. The number of ether oxygens (including phenoxy) is 1. The highest BCUT2D eigenvalue weighted by Gasteiger charge is 2.33. The number of nitrogens with one attached hydrogen (secondary N) is 2. The fraction of sp³-hybridized carbons (Fsp3) is 0.400. The topological polar surface area (TPSA) is 75.6 Å². The number of phenols is 1. The molecule has 2 heterocycles. The van der Waals surface area contributed by atoms with Gasteiger partial charge in [-0.1, -0.05) is 38.1 Å². The number of aliphatic hydroxyl groups is 1. The molecule has 31 heavy (non-hydrogen) atoms. The molecule has 0 unspecified atom stereocenters. The first-order valence-corrected chi connectivity index (χ1v) is 11.1. The van der Waals surface area contributed by atoms with Crippen LogP contribution in [-0.2, 0) is 6.54 Å². The number of quaternary nitrogens is 2. The third-order valence-electron chi connectivity index (χ3n) is 6.37. The van der Waals surface area contributed by atoms with Crippen LogP contribution in [0.3, 0.4) is 0 Å². The van der Waals surface area contributed by atoms with Gasteiger partial charge in [-0.15, -0.1) is 0 Å². The molecule has 0 aliphatic carbocycles. The molecule has 4 N–H and O–H groups in total. The van der Waals surface area contributed by atoms with Crippen molar-refractivity contribution in [3.63, 3.8) is 0 Å². The lowest BCUT2D eigenvalue weighted by Crippen LogP contribution is -3.27. The lowest BCUT2D eigenvalue weighted by atomic mass is 10.0. The van der Waals surface area contributed by atoms with E-state index >= 15 is 0 Å². The van der Waals surface area contributed by atoms with Gasteiger partial charge in [0.05, 0.1) is 17.7 Å². The minimum Gasteiger partial charge on any atom is -0.507 e. The predicted molar refractivity (Wildman–Crippen MR) is 119 cm³/mol. The van der Waals surface area contributed by atoms with Crippen LogP contribution in [0.1, 0.15) is 46.8 Å². The van der Waals surface area contributed by atoms with Crippen molar-refractivity contribution in [3.05, 3.63) is 64.4 Å². The molecule has 2 aromatic rings. The Morgan fingerprint density at radius 2 is 1.71 bits per heavy atom. The average molecular weight is 425 g/mol. The summed E-state index contributed by atoms with van der Waals surface area (Å²) < 4.78 is 6.01. The zero-order valence-corrected chi connectivity index (χ0v) is 18.3. The van der Waals surface area contributed by atoms with E-state index in [-0.39, 0.29) is 18.1 Å². The molecule has 0 saturated carbocycles. The fourth-order valence-corrected chi connectivity index (χ4v) is 4.39. The number of allylic oxidation sites excluding steroid dienone is 1. The number of aromatic hydroxyl groups is 1. The van der Waals surface area contributed by atoms with Gasteiger partial charge in [0.15, 0.2) is 11.5 Å². The summed E-state index contributed by atoms with van der Waals surface area (Å²) in [6.07, 6.45) is 1.77. The van der Waals surface area contributed by atoms with Gasteiger partial charge in [0, 0.05) is 0 Å². The molecule has 2 aliphatic heterocycles. The van der Waals surface area contributed by atoms with Crippen LogP contribution in [0.25, 0.3) is 6.08 Å². The SMILES string of the molecule is CC(C)c1ccc(/C=C2\Oc3c(ccc(O)c3C[NH+]3CC[NH+](CCO)CC3)C2=O)cc1. The molecule has 6 nitrogen and oxygen atoms in total. The number of phenolic OH excluding ortho intramolecular Hbond substituents is 1. The molecule has 0 radical (unpaired) electrons. The fourth-order valence-electron chi connectivity index (χ4n) is 4.39. The Morgan fingerprint density at radius 3 is 2.35 bits per heavy atom. The Hall–Kier alpha value is -2.67. The summed E-state index contributed by atoms with van der Waals surface area (Å²) in [5.74, 6) is 1.28. The van der Waals surface area contributed by atoms with Gasteiger partial charge in [-0.25, -0.2) is 0 Å². The summed E-state index contributed by atoms with van der Waals surface area (Å²) >= 11 is 0. The maximum Gasteiger partial charge on any atom is 0.231 e. The predicted octanol–water partition coefficient (Wildman–Crippen LogP) is 0.408. The summed E-state index contributed by atoms with van der Waals surface area (Å²) in [4.78, 5) is 15.7. The van der Waals surface area contributed by atoms with Gasteiger partial charge >= 0.3 is 0 Å². The standard InChI is InChI=1S/C25H30N2O4/c1-17(2)19-5-3-18(4-6-19)15-23-24(30)20-7-8-22(29)21(25(20)31-23)16-27-11-9-26(10-12-27)13-14-28/h3-8,15,17,28-29H,9-14,16H2,1-2H3/p+2/b23-15-. The van der Waals surface area contributed by atoms with Crippen molar-refractivity contribution in [3.8, 4) is 11.5 Å². The van der Waals surface area contributed by atoms with Crippen LogP contribution in [0.5, 0.6) is 11.5 Å². The Morgan fingerprint density at radius 1 is 1.03 bits per heavy atom. The van der Waals surface area contributed by atoms with Gasteiger partial charge in [-0.3, -0.25) is 4.79 Å². The number of Topliss-reactive ketones (excluding diaryl/α,β-unsaturated/α-hetero) is 1. The second kappa shape index (κ2) is 9.22. The zero-order chi connectivity index (χ0) is 22.0. The molecule has 0 spiro atoms. The highest BCUT2D eigenvalue weighted by molar-refractivity contribution is 6.14. The number of piperazine rings is 1. The number of carbonyl (C=O) groups is 1. The number of carbonyl (C=O) groups excluding carboxylic acids is 1. The van der Waals surface area contributed by atoms with E-state index in [1.807, 2.05) is 12.1 Å². The number of hydrogen-bond donors (Lipinski definition) is 4. The number of aliphatic hydroxyl groups excluding tert-OH is 1. The van der Waals surface area contributed by atoms with Crippen molar-refractivity contribution in [1.29, 1.82) is 0 Å². The molecule has 2 aromatic carbocycles. The number of rotatable bonds is 6. The van der Waals surface area contributed by atoms with E-state index in [0.29, 0.717) is 35.1 Å². The lowest BCUT2D eigenvalue weighted by molar-refractivity contribution is -1.02. The molecule has 0 atom stereocenters. The maximum atomic E-state index is 12.9. The Labute approximate surface area is 183 Å². The zero-order valence-electron chi connectivity index (χ0n) is 18.3. The van der Waals surface area contributed by atoms with E-state index in [1.54, 1.807) is 18.2 Å². The van der Waals surface area contributed by atoms with E-state index in [0.717, 1.165) is 38.3 Å². The van der Waals surface area contributed by atoms with Gasteiger partial charge in [-0.05, 0) is 35.3 Å². The van der Waals surface area contributed by atoms with E-state index in [1.165, 1.54) is 15.4 Å². The quantitative estimate of drug-likeness (QED) is 0.507. The van der Waals surface area contributed by atoms with Crippen molar-refractivity contribution >= 4 is 11.9 Å². The molecular formula is C25H32N2O4+2. The second-order valence-electron chi connectivity index (χ2n) is 8.85. The monoisotopic (exact) mass is 424 g/mol. The van der Waals surface area contributed by atoms with Gasteiger partial charge in [0.2, 0.25) is 5.78 Å². The molecule has 1 fully saturated rings. The van der Waals surface area contributed by atoms with Crippen molar-refractivity contribution < 1.29 is 29.5 Å². The molecule has 6 heteroatoms. The van der Waals surface area contributed by atoms with Crippen LogP contribution >= 0.6 is 0 Å². The summed E-state index contributed by atoms with van der Waals surface area (Å²) in [5, 5.41) is 19.7. The Balaban J connectivity index is 1.53. The third-order valence-corrected chi connectivity index (χ3v) is 6.37. The van der Waals surface area contributed by atoms with Crippen molar-refractivity contribution in [2.75, 3.05) is 39.3 Å². The van der Waals surface area contributed by atoms with Gasteiger partial charge < -0.3 is 24.7 Å². The molecule has 2 aliphatic rings. The molecule has 4 rings (SSSR count). The van der Waals surface area contributed by atoms with Crippen LogP contribution < -0.4 is 14.5 Å². The lowest BCUT2D eigenvalue weighted by Gasteiger charge is -2.29. The minimum absolute atomic E-state index is 0.142. The molecule has 164 valence electrons. The van der Waals surface area contributed by atoms with Crippen molar-refractivity contribution in [2.24, 2.45) is 0 Å². The maximum absolute atomic E-state index is 12.9. The van der Waals surface area contributed by atoms with Crippen molar-refractivity contribution in [1.82, 2.24) is 0 Å². The number of hydrogen-bond acceptors (Lipinski definition) is 4. The largest absolute Gasteiger partial charge is 0.507 e. The summed E-state index contributed by atoms with van der Waals surface area (Å²) in [7, 11) is 0. The molecule has 0 bridgehead atoms. The number of ketones is 1. The molecule has 0 aromatic heterocycles. The highest BCUT2D eigenvalue weighted by atomic mass is 16.5. The van der Waals surface area contributed by atoms with Gasteiger partial charge in [-0.2, -0.15) is 0 Å². The normalized spacial score (nSPS) is 22.1. The number of fused-ring (bicyclic) bond motifs is 1. The number of benzene rings is 2. The smallest absolute Gasteiger partial charge is 0.231 e. The Bertz CT molecular complexity index is 974. The van der Waals surface area contributed by atoms with Crippen LogP contribution in [-0.4, -0.2) is 55.3 Å². The first-order chi connectivity index (χ1) is 15.0. The van der Waals surface area contributed by atoms with E-state index in [2.05, 4.69) is 26.0 Å². The average Bonchev–Trinajstić information content (AvgIpc) is 3.07. The first-order valence-electron chi connectivity index (χ1n) is 11.1. The van der Waals surface area contributed by atoms with Gasteiger partial charge in [0.25, 0.3) is 0 Å². The highest BCUT2D eigenvalue weighted by Crippen LogP contribution is 2.39. The molecular weight excluding hydrogens is 392 g/mol. The Kier molecular flexibility index (Phi) is 6.41.